The molecule has 0 saturated carbocycles. The largest absolute Gasteiger partial charge is 0.482 e. The van der Waals surface area contributed by atoms with Crippen molar-refractivity contribution in [2.75, 3.05) is 18.5 Å². The molecule has 1 aromatic rings. The van der Waals surface area contributed by atoms with Gasteiger partial charge >= 0.3 is 0 Å². The van der Waals surface area contributed by atoms with E-state index >= 15 is 0 Å². The summed E-state index contributed by atoms with van der Waals surface area (Å²) in [5.41, 5.74) is 1.11. The van der Waals surface area contributed by atoms with Crippen LogP contribution in [0.5, 0.6) is 5.75 Å². The van der Waals surface area contributed by atoms with Crippen LogP contribution in [-0.4, -0.2) is 29.8 Å². The van der Waals surface area contributed by atoms with E-state index in [2.05, 4.69) is 10.6 Å². The van der Waals surface area contributed by atoms with E-state index in [1.807, 2.05) is 32.0 Å². The average Bonchev–Trinajstić information content (AvgIpc) is 2.46. The summed E-state index contributed by atoms with van der Waals surface area (Å²) >= 11 is 0. The van der Waals surface area contributed by atoms with E-state index in [0.29, 0.717) is 24.5 Å². The highest BCUT2D eigenvalue weighted by atomic mass is 16.5. The summed E-state index contributed by atoms with van der Waals surface area (Å²) in [5, 5.41) is 16.2. The molecule has 0 fully saturated rings. The number of hydrogen-bond donors (Lipinski definition) is 3. The number of carbonyl (C=O) groups is 1. The Hall–Kier alpha value is -1.59. The number of benzene rings is 1. The molecule has 5 nitrogen and oxygen atoms in total. The molecule has 0 atom stereocenters. The maximum atomic E-state index is 11.3. The lowest BCUT2D eigenvalue weighted by atomic mass is 9.97. The highest BCUT2D eigenvalue weighted by Crippen LogP contribution is 2.28. The van der Waals surface area contributed by atoms with Gasteiger partial charge in [0, 0.05) is 13.1 Å². The smallest absolute Gasteiger partial charge is 0.262 e. The Morgan fingerprint density at radius 1 is 1.40 bits per heavy atom. The third kappa shape index (κ3) is 3.49. The van der Waals surface area contributed by atoms with Gasteiger partial charge in [-0.2, -0.15) is 0 Å². The quantitative estimate of drug-likeness (QED) is 0.740. The molecule has 0 spiro atoms. The summed E-state index contributed by atoms with van der Waals surface area (Å²) in [7, 11) is 0. The Balaban J connectivity index is 1.94. The number of fused-ring (bicyclic) bond motifs is 1. The molecule has 1 heterocycles. The predicted octanol–water partition coefficient (Wildman–Crippen LogP) is 1.66. The third-order valence-electron chi connectivity index (χ3n) is 3.78. The van der Waals surface area contributed by atoms with Crippen molar-refractivity contribution in [3.8, 4) is 5.75 Å². The zero-order valence-electron chi connectivity index (χ0n) is 12.0. The second-order valence-corrected chi connectivity index (χ2v) is 5.20. The number of aliphatic hydroxyl groups is 1. The summed E-state index contributed by atoms with van der Waals surface area (Å²) < 4.78 is 5.31. The monoisotopic (exact) mass is 278 g/mol. The second kappa shape index (κ2) is 6.24. The Kier molecular flexibility index (Phi) is 4.62. The summed E-state index contributed by atoms with van der Waals surface area (Å²) in [4.78, 5) is 11.3. The summed E-state index contributed by atoms with van der Waals surface area (Å²) in [5.74, 6) is 0.570. The topological polar surface area (TPSA) is 70.6 Å². The van der Waals surface area contributed by atoms with Gasteiger partial charge in [-0.05, 0) is 30.5 Å². The first-order valence-corrected chi connectivity index (χ1v) is 7.05. The van der Waals surface area contributed by atoms with Crippen molar-refractivity contribution in [2.45, 2.75) is 38.8 Å². The Morgan fingerprint density at radius 3 is 2.85 bits per heavy atom. The van der Waals surface area contributed by atoms with Gasteiger partial charge in [0.05, 0.1) is 11.3 Å². The van der Waals surface area contributed by atoms with Crippen LogP contribution in [0.2, 0.25) is 0 Å². The predicted molar refractivity (Wildman–Crippen MR) is 77.8 cm³/mol. The van der Waals surface area contributed by atoms with Crippen molar-refractivity contribution in [1.82, 2.24) is 5.32 Å². The van der Waals surface area contributed by atoms with Crippen molar-refractivity contribution in [1.29, 1.82) is 0 Å². The summed E-state index contributed by atoms with van der Waals surface area (Å²) in [6.45, 7) is 5.24. The summed E-state index contributed by atoms with van der Waals surface area (Å²) in [6, 6.07) is 5.72. The minimum Gasteiger partial charge on any atom is -0.482 e. The number of hydrogen-bond acceptors (Lipinski definition) is 4. The molecule has 0 aromatic heterocycles. The van der Waals surface area contributed by atoms with Crippen LogP contribution in [0.1, 0.15) is 32.3 Å². The third-order valence-corrected chi connectivity index (χ3v) is 3.78. The van der Waals surface area contributed by atoms with Gasteiger partial charge in [0.15, 0.2) is 6.61 Å². The van der Waals surface area contributed by atoms with Crippen molar-refractivity contribution < 1.29 is 14.6 Å². The van der Waals surface area contributed by atoms with E-state index in [0.717, 1.165) is 18.4 Å². The maximum Gasteiger partial charge on any atom is 0.262 e. The molecule has 0 aliphatic carbocycles. The number of nitrogens with one attached hydrogen (secondary N) is 2. The van der Waals surface area contributed by atoms with Gasteiger partial charge in [-0.3, -0.25) is 4.79 Å². The molecule has 0 unspecified atom stereocenters. The molecule has 1 aliphatic rings. The highest BCUT2D eigenvalue weighted by Gasteiger charge is 2.21. The first kappa shape index (κ1) is 14.8. The molecule has 0 radical (unpaired) electrons. The van der Waals surface area contributed by atoms with Gasteiger partial charge < -0.3 is 20.5 Å². The molecule has 20 heavy (non-hydrogen) atoms. The lowest BCUT2D eigenvalue weighted by Gasteiger charge is -2.25. The van der Waals surface area contributed by atoms with E-state index in [4.69, 9.17) is 4.74 Å². The fourth-order valence-electron chi connectivity index (χ4n) is 2.18. The van der Waals surface area contributed by atoms with Crippen molar-refractivity contribution in [3.05, 3.63) is 23.8 Å². The molecule has 110 valence electrons. The standard InChI is InChI=1S/C15H22N2O3/c1-3-15(19,4-2)10-16-8-11-5-6-13-12(7-11)17-14(18)9-20-13/h5-7,16,19H,3-4,8-10H2,1-2H3,(H,17,18). The Bertz CT molecular complexity index is 484. The molecule has 3 N–H and O–H groups in total. The van der Waals surface area contributed by atoms with Crippen LogP contribution in [-0.2, 0) is 11.3 Å². The van der Waals surface area contributed by atoms with Crippen molar-refractivity contribution in [2.24, 2.45) is 0 Å². The van der Waals surface area contributed by atoms with Gasteiger partial charge in [-0.15, -0.1) is 0 Å². The Labute approximate surface area is 119 Å². The van der Waals surface area contributed by atoms with Crippen LogP contribution in [0.4, 0.5) is 5.69 Å². The number of ether oxygens (including phenoxy) is 1. The van der Waals surface area contributed by atoms with Gasteiger partial charge in [0.25, 0.3) is 5.91 Å². The normalized spacial score (nSPS) is 14.4. The van der Waals surface area contributed by atoms with Gasteiger partial charge in [0.2, 0.25) is 0 Å². The highest BCUT2D eigenvalue weighted by molar-refractivity contribution is 5.95. The van der Waals surface area contributed by atoms with Gasteiger partial charge in [0.1, 0.15) is 5.75 Å². The molecule has 0 bridgehead atoms. The Morgan fingerprint density at radius 2 is 2.15 bits per heavy atom. The molecule has 2 rings (SSSR count). The van der Waals surface area contributed by atoms with Crippen LogP contribution in [0.3, 0.4) is 0 Å². The lowest BCUT2D eigenvalue weighted by Crippen LogP contribution is -2.39. The number of anilines is 1. The number of amides is 1. The molecule has 1 amide bonds. The minimum atomic E-state index is -0.647. The summed E-state index contributed by atoms with van der Waals surface area (Å²) in [6.07, 6.45) is 1.45. The van der Waals surface area contributed by atoms with Crippen LogP contribution < -0.4 is 15.4 Å². The lowest BCUT2D eigenvalue weighted by molar-refractivity contribution is -0.118. The average molecular weight is 278 g/mol. The van der Waals surface area contributed by atoms with E-state index in [1.54, 1.807) is 0 Å². The van der Waals surface area contributed by atoms with Crippen molar-refractivity contribution >= 4 is 11.6 Å². The zero-order valence-corrected chi connectivity index (χ0v) is 12.0. The molecule has 1 aliphatic heterocycles. The van der Waals surface area contributed by atoms with Crippen LogP contribution >= 0.6 is 0 Å². The van der Waals surface area contributed by atoms with E-state index in [9.17, 15) is 9.90 Å². The van der Waals surface area contributed by atoms with E-state index < -0.39 is 5.60 Å². The minimum absolute atomic E-state index is 0.0740. The molecule has 1 aromatic carbocycles. The fraction of sp³-hybridized carbons (Fsp3) is 0.533. The second-order valence-electron chi connectivity index (χ2n) is 5.20. The zero-order chi connectivity index (χ0) is 14.6. The molecule has 5 heteroatoms. The SMILES string of the molecule is CCC(O)(CC)CNCc1ccc2c(c1)NC(=O)CO2. The first-order valence-electron chi connectivity index (χ1n) is 7.05. The molecular formula is C15H22N2O3. The van der Waals surface area contributed by atoms with Gasteiger partial charge in [-0.1, -0.05) is 19.9 Å². The first-order chi connectivity index (χ1) is 9.56. The molecular weight excluding hydrogens is 256 g/mol. The fourth-order valence-corrected chi connectivity index (χ4v) is 2.18. The number of carbonyl (C=O) groups excluding carboxylic acids is 1. The number of rotatable bonds is 6. The van der Waals surface area contributed by atoms with E-state index in [-0.39, 0.29) is 12.5 Å². The van der Waals surface area contributed by atoms with Crippen LogP contribution in [0.25, 0.3) is 0 Å². The van der Waals surface area contributed by atoms with Crippen LogP contribution in [0, 0.1) is 0 Å². The maximum absolute atomic E-state index is 11.3. The van der Waals surface area contributed by atoms with Crippen molar-refractivity contribution in [3.63, 3.8) is 0 Å². The molecule has 0 saturated heterocycles. The van der Waals surface area contributed by atoms with E-state index in [1.165, 1.54) is 0 Å². The van der Waals surface area contributed by atoms with Gasteiger partial charge in [-0.25, -0.2) is 0 Å². The van der Waals surface area contributed by atoms with Crippen LogP contribution in [0.15, 0.2) is 18.2 Å².